The molecule has 1 aromatic rings. The summed E-state index contributed by atoms with van der Waals surface area (Å²) >= 11 is 0. The molecule has 0 aromatic carbocycles. The second-order valence-corrected chi connectivity index (χ2v) is 3.87. The summed E-state index contributed by atoms with van der Waals surface area (Å²) in [6.45, 7) is 6.00. The lowest BCUT2D eigenvalue weighted by atomic mass is 10.1. The number of aromatic nitrogens is 3. The van der Waals surface area contributed by atoms with Gasteiger partial charge >= 0.3 is 0 Å². The van der Waals surface area contributed by atoms with Gasteiger partial charge in [0.25, 0.3) is 0 Å². The summed E-state index contributed by atoms with van der Waals surface area (Å²) in [5, 5.41) is 8.01. The summed E-state index contributed by atoms with van der Waals surface area (Å²) in [6.07, 6.45) is 3.93. The summed E-state index contributed by atoms with van der Waals surface area (Å²) < 4.78 is 7.08. The van der Waals surface area contributed by atoms with Gasteiger partial charge in [0.15, 0.2) is 0 Å². The zero-order chi connectivity index (χ0) is 10.4. The fourth-order valence-corrected chi connectivity index (χ4v) is 1.27. The quantitative estimate of drug-likeness (QED) is 0.694. The van der Waals surface area contributed by atoms with Crippen molar-refractivity contribution in [1.29, 1.82) is 0 Å². The molecule has 0 aliphatic rings. The first-order chi connectivity index (χ1) is 6.74. The topological polar surface area (TPSA) is 39.9 Å². The average Bonchev–Trinajstić information content (AvgIpc) is 2.58. The molecule has 0 saturated heterocycles. The van der Waals surface area contributed by atoms with Crippen LogP contribution in [-0.4, -0.2) is 28.5 Å². The van der Waals surface area contributed by atoms with Crippen LogP contribution in [0.15, 0.2) is 6.33 Å². The Balaban J connectivity index is 2.45. The molecule has 0 fully saturated rings. The van der Waals surface area contributed by atoms with Crippen molar-refractivity contribution >= 4 is 0 Å². The van der Waals surface area contributed by atoms with E-state index in [9.17, 15) is 0 Å². The van der Waals surface area contributed by atoms with Crippen molar-refractivity contribution < 1.29 is 4.74 Å². The molecular formula is C10H19N3O. The van der Waals surface area contributed by atoms with Gasteiger partial charge < -0.3 is 9.30 Å². The molecular weight excluding hydrogens is 178 g/mol. The van der Waals surface area contributed by atoms with E-state index in [-0.39, 0.29) is 0 Å². The van der Waals surface area contributed by atoms with Gasteiger partial charge in [-0.3, -0.25) is 0 Å². The highest BCUT2D eigenvalue weighted by atomic mass is 16.5. The predicted molar refractivity (Wildman–Crippen MR) is 55.1 cm³/mol. The predicted octanol–water partition coefficient (Wildman–Crippen LogP) is 1.51. The van der Waals surface area contributed by atoms with E-state index in [2.05, 4.69) is 28.6 Å². The first-order valence-corrected chi connectivity index (χ1v) is 5.09. The van der Waals surface area contributed by atoms with Gasteiger partial charge in [0.1, 0.15) is 12.2 Å². The van der Waals surface area contributed by atoms with E-state index in [0.717, 1.165) is 25.2 Å². The van der Waals surface area contributed by atoms with Gasteiger partial charge in [-0.2, -0.15) is 0 Å². The largest absolute Gasteiger partial charge is 0.383 e. The standard InChI is InChI=1S/C10H19N3O/c1-9(2)4-5-10-12-11-8-13(10)6-7-14-3/h8-9H,4-7H2,1-3H3. The van der Waals surface area contributed by atoms with E-state index in [0.29, 0.717) is 12.5 Å². The minimum absolute atomic E-state index is 0.711. The molecule has 0 amide bonds. The van der Waals surface area contributed by atoms with Crippen molar-refractivity contribution in [3.63, 3.8) is 0 Å². The van der Waals surface area contributed by atoms with Crippen molar-refractivity contribution in [2.45, 2.75) is 33.2 Å². The van der Waals surface area contributed by atoms with Gasteiger partial charge in [0.2, 0.25) is 0 Å². The van der Waals surface area contributed by atoms with Gasteiger partial charge in [-0.15, -0.1) is 10.2 Å². The first kappa shape index (κ1) is 11.2. The van der Waals surface area contributed by atoms with Crippen LogP contribution in [0.5, 0.6) is 0 Å². The molecule has 0 unspecified atom stereocenters. The van der Waals surface area contributed by atoms with Gasteiger partial charge in [-0.25, -0.2) is 0 Å². The molecule has 1 rings (SSSR count). The number of hydrogen-bond acceptors (Lipinski definition) is 3. The minimum Gasteiger partial charge on any atom is -0.383 e. The van der Waals surface area contributed by atoms with Crippen LogP contribution in [-0.2, 0) is 17.7 Å². The monoisotopic (exact) mass is 197 g/mol. The highest BCUT2D eigenvalue weighted by Crippen LogP contribution is 2.06. The van der Waals surface area contributed by atoms with Crippen LogP contribution in [0.1, 0.15) is 26.1 Å². The van der Waals surface area contributed by atoms with Gasteiger partial charge in [0, 0.05) is 20.1 Å². The lowest BCUT2D eigenvalue weighted by molar-refractivity contribution is 0.186. The SMILES string of the molecule is COCCn1cnnc1CCC(C)C. The van der Waals surface area contributed by atoms with E-state index in [1.165, 1.54) is 0 Å². The maximum absolute atomic E-state index is 5.02. The fraction of sp³-hybridized carbons (Fsp3) is 0.800. The maximum atomic E-state index is 5.02. The average molecular weight is 197 g/mol. The molecule has 1 heterocycles. The van der Waals surface area contributed by atoms with Gasteiger partial charge in [-0.1, -0.05) is 13.8 Å². The van der Waals surface area contributed by atoms with Crippen LogP contribution in [0.4, 0.5) is 0 Å². The van der Waals surface area contributed by atoms with Crippen LogP contribution in [0.25, 0.3) is 0 Å². The number of rotatable bonds is 6. The number of hydrogen-bond donors (Lipinski definition) is 0. The number of nitrogens with zero attached hydrogens (tertiary/aromatic N) is 3. The number of ether oxygens (including phenoxy) is 1. The fourth-order valence-electron chi connectivity index (χ4n) is 1.27. The zero-order valence-corrected chi connectivity index (χ0v) is 9.23. The highest BCUT2D eigenvalue weighted by molar-refractivity contribution is 4.86. The molecule has 0 atom stereocenters. The molecule has 1 aromatic heterocycles. The second-order valence-electron chi connectivity index (χ2n) is 3.87. The summed E-state index contributed by atoms with van der Waals surface area (Å²) in [7, 11) is 1.71. The van der Waals surface area contributed by atoms with Crippen LogP contribution >= 0.6 is 0 Å². The lowest BCUT2D eigenvalue weighted by Gasteiger charge is -2.06. The Morgan fingerprint density at radius 1 is 1.50 bits per heavy atom. The molecule has 14 heavy (non-hydrogen) atoms. The Hall–Kier alpha value is -0.900. The van der Waals surface area contributed by atoms with E-state index in [4.69, 9.17) is 4.74 Å². The molecule has 0 radical (unpaired) electrons. The van der Waals surface area contributed by atoms with Crippen molar-refractivity contribution in [3.8, 4) is 0 Å². The molecule has 4 heteroatoms. The zero-order valence-electron chi connectivity index (χ0n) is 9.23. The van der Waals surface area contributed by atoms with Crippen molar-refractivity contribution in [1.82, 2.24) is 14.8 Å². The van der Waals surface area contributed by atoms with E-state index >= 15 is 0 Å². The lowest BCUT2D eigenvalue weighted by Crippen LogP contribution is -2.08. The number of aryl methyl sites for hydroxylation is 1. The number of methoxy groups -OCH3 is 1. The normalized spacial score (nSPS) is 11.1. The molecule has 0 bridgehead atoms. The Kier molecular flexibility index (Phi) is 4.59. The highest BCUT2D eigenvalue weighted by Gasteiger charge is 2.04. The Bertz CT molecular complexity index is 258. The van der Waals surface area contributed by atoms with Crippen molar-refractivity contribution in [2.75, 3.05) is 13.7 Å². The maximum Gasteiger partial charge on any atom is 0.132 e. The summed E-state index contributed by atoms with van der Waals surface area (Å²) in [4.78, 5) is 0. The molecule has 4 nitrogen and oxygen atoms in total. The molecule has 0 N–H and O–H groups in total. The second kappa shape index (κ2) is 5.75. The third-order valence-corrected chi connectivity index (χ3v) is 2.18. The Morgan fingerprint density at radius 2 is 2.29 bits per heavy atom. The van der Waals surface area contributed by atoms with Gasteiger partial charge in [0.05, 0.1) is 6.61 Å². The third-order valence-electron chi connectivity index (χ3n) is 2.18. The summed E-state index contributed by atoms with van der Waals surface area (Å²) in [6, 6.07) is 0. The van der Waals surface area contributed by atoms with Crippen LogP contribution in [0.3, 0.4) is 0 Å². The smallest absolute Gasteiger partial charge is 0.132 e. The van der Waals surface area contributed by atoms with Crippen LogP contribution in [0.2, 0.25) is 0 Å². The van der Waals surface area contributed by atoms with E-state index < -0.39 is 0 Å². The molecule has 0 aliphatic heterocycles. The Labute approximate surface area is 85.3 Å². The minimum atomic E-state index is 0.711. The van der Waals surface area contributed by atoms with Crippen LogP contribution < -0.4 is 0 Å². The molecule has 0 spiro atoms. The van der Waals surface area contributed by atoms with E-state index in [1.54, 1.807) is 13.4 Å². The third kappa shape index (κ3) is 3.46. The Morgan fingerprint density at radius 3 is 2.93 bits per heavy atom. The van der Waals surface area contributed by atoms with Crippen molar-refractivity contribution in [2.24, 2.45) is 5.92 Å². The van der Waals surface area contributed by atoms with E-state index in [1.807, 2.05) is 0 Å². The first-order valence-electron chi connectivity index (χ1n) is 5.09. The molecule has 0 saturated carbocycles. The molecule has 0 aliphatic carbocycles. The summed E-state index contributed by atoms with van der Waals surface area (Å²) in [5.74, 6) is 1.78. The molecule has 80 valence electrons. The van der Waals surface area contributed by atoms with Crippen molar-refractivity contribution in [3.05, 3.63) is 12.2 Å². The van der Waals surface area contributed by atoms with Crippen LogP contribution in [0, 0.1) is 5.92 Å². The van der Waals surface area contributed by atoms with Gasteiger partial charge in [-0.05, 0) is 12.3 Å². The summed E-state index contributed by atoms with van der Waals surface area (Å²) in [5.41, 5.74) is 0.